The summed E-state index contributed by atoms with van der Waals surface area (Å²) in [5, 5.41) is 2.81. The Bertz CT molecular complexity index is 1670. The van der Waals surface area contributed by atoms with E-state index in [2.05, 4.69) is 4.98 Å². The Balaban J connectivity index is 1.30. The summed E-state index contributed by atoms with van der Waals surface area (Å²) in [7, 11) is 0. The van der Waals surface area contributed by atoms with Crippen LogP contribution in [0.1, 0.15) is 54.2 Å². The monoisotopic (exact) mass is 565 g/mol. The average molecular weight is 566 g/mol. The molecule has 2 aliphatic heterocycles. The zero-order valence-electron chi connectivity index (χ0n) is 21.9. The zero-order chi connectivity index (χ0) is 27.8. The molecule has 39 heavy (non-hydrogen) atoms. The van der Waals surface area contributed by atoms with Crippen LogP contribution in [0.5, 0.6) is 0 Å². The van der Waals surface area contributed by atoms with Gasteiger partial charge in [-0.05, 0) is 48.2 Å². The van der Waals surface area contributed by atoms with E-state index in [-0.39, 0.29) is 29.6 Å². The number of nitrogens with two attached hydrogens (primary N) is 1. The van der Waals surface area contributed by atoms with Crippen LogP contribution < -0.4 is 5.73 Å². The van der Waals surface area contributed by atoms with E-state index >= 15 is 0 Å². The minimum atomic E-state index is -0.696. The topological polar surface area (TPSA) is 104 Å². The number of nitrogens with zero attached hydrogens (tertiary/aromatic N) is 3. The van der Waals surface area contributed by atoms with Gasteiger partial charge in [-0.3, -0.25) is 14.4 Å². The highest BCUT2D eigenvalue weighted by Crippen LogP contribution is 2.41. The summed E-state index contributed by atoms with van der Waals surface area (Å²) in [6.07, 6.45) is 0.710. The molecule has 2 saturated heterocycles. The Morgan fingerprint density at radius 2 is 1.56 bits per heavy atom. The molecule has 8 nitrogen and oxygen atoms in total. The van der Waals surface area contributed by atoms with Crippen molar-refractivity contribution in [1.29, 1.82) is 0 Å². The second-order valence-electron chi connectivity index (χ2n) is 11.6. The van der Waals surface area contributed by atoms with E-state index in [9.17, 15) is 14.4 Å². The highest BCUT2D eigenvalue weighted by atomic mass is 35.5. The van der Waals surface area contributed by atoms with Crippen LogP contribution >= 0.6 is 23.2 Å². The molecule has 4 aromatic rings. The number of nitrogens with one attached hydrogen (secondary N) is 1. The number of primary amides is 1. The van der Waals surface area contributed by atoms with Crippen molar-refractivity contribution in [2.75, 3.05) is 13.1 Å². The fraction of sp³-hybridized carbons (Fsp3) is 0.345. The summed E-state index contributed by atoms with van der Waals surface area (Å²) >= 11 is 12.4. The van der Waals surface area contributed by atoms with Crippen molar-refractivity contribution in [3.63, 3.8) is 0 Å². The van der Waals surface area contributed by atoms with Crippen molar-refractivity contribution in [2.24, 2.45) is 11.1 Å². The number of hydrogen-bond donors (Lipinski definition) is 2. The number of amides is 3. The summed E-state index contributed by atoms with van der Waals surface area (Å²) in [5.41, 5.74) is 7.50. The molecule has 0 spiro atoms. The molecule has 3 N–H and O–H groups in total. The van der Waals surface area contributed by atoms with Gasteiger partial charge in [0.15, 0.2) is 0 Å². The number of H-pyrrole nitrogens is 1. The van der Waals surface area contributed by atoms with Crippen LogP contribution in [0.3, 0.4) is 0 Å². The van der Waals surface area contributed by atoms with E-state index in [1.54, 1.807) is 34.9 Å². The van der Waals surface area contributed by atoms with Gasteiger partial charge < -0.3 is 25.1 Å². The maximum atomic E-state index is 14.3. The highest BCUT2D eigenvalue weighted by Gasteiger charge is 2.50. The van der Waals surface area contributed by atoms with Crippen LogP contribution in [-0.4, -0.2) is 62.2 Å². The van der Waals surface area contributed by atoms with Crippen LogP contribution in [0.25, 0.3) is 21.8 Å². The minimum Gasteiger partial charge on any atom is -0.364 e. The van der Waals surface area contributed by atoms with Gasteiger partial charge in [0.05, 0.1) is 17.6 Å². The van der Waals surface area contributed by atoms with Crippen molar-refractivity contribution < 1.29 is 14.4 Å². The van der Waals surface area contributed by atoms with Gasteiger partial charge >= 0.3 is 0 Å². The summed E-state index contributed by atoms with van der Waals surface area (Å²) in [4.78, 5) is 47.1. The normalized spacial score (nSPS) is 19.8. The molecule has 2 aromatic carbocycles. The quantitative estimate of drug-likeness (QED) is 0.353. The summed E-state index contributed by atoms with van der Waals surface area (Å²) in [6.45, 7) is 6.80. The number of halogens is 2. The first-order valence-electron chi connectivity index (χ1n) is 12.9. The smallest absolute Gasteiger partial charge is 0.270 e. The molecule has 10 heteroatoms. The Kier molecular flexibility index (Phi) is 5.97. The number of rotatable bonds is 4. The summed E-state index contributed by atoms with van der Waals surface area (Å²) in [6, 6.07) is 13.5. The lowest BCUT2D eigenvalue weighted by Crippen LogP contribution is -2.53. The summed E-state index contributed by atoms with van der Waals surface area (Å²) < 4.78 is 1.75. The fourth-order valence-electron chi connectivity index (χ4n) is 6.24. The molecule has 2 bridgehead atoms. The van der Waals surface area contributed by atoms with Crippen molar-refractivity contribution in [3.8, 4) is 0 Å². The van der Waals surface area contributed by atoms with E-state index in [0.29, 0.717) is 40.8 Å². The van der Waals surface area contributed by atoms with Gasteiger partial charge in [0, 0.05) is 39.4 Å². The number of likely N-dealkylation sites (tertiary alicyclic amines) is 2. The van der Waals surface area contributed by atoms with Gasteiger partial charge in [-0.2, -0.15) is 0 Å². The lowest BCUT2D eigenvalue weighted by atomic mass is 9.85. The SMILES string of the molecule is CC(C)(C)[C@@H](C(=O)N1C[C@@H]2C[C@H]1CN2C(=O)c1cc2ccc(Cl)cc2[nH]1)n1c(C(N)=O)cc2ccc(Cl)cc21. The van der Waals surface area contributed by atoms with Crippen molar-refractivity contribution in [2.45, 2.75) is 45.3 Å². The van der Waals surface area contributed by atoms with Crippen LogP contribution in [0.15, 0.2) is 48.5 Å². The Hall–Kier alpha value is -3.49. The molecule has 2 aliphatic rings. The molecule has 0 saturated carbocycles. The third kappa shape index (κ3) is 4.26. The van der Waals surface area contributed by atoms with Crippen LogP contribution in [0, 0.1) is 5.41 Å². The number of hydrogen-bond acceptors (Lipinski definition) is 3. The third-order valence-electron chi connectivity index (χ3n) is 7.97. The molecule has 2 fully saturated rings. The fourth-order valence-corrected chi connectivity index (χ4v) is 6.58. The van der Waals surface area contributed by atoms with Crippen LogP contribution in [-0.2, 0) is 4.79 Å². The lowest BCUT2D eigenvalue weighted by Gasteiger charge is -2.40. The minimum absolute atomic E-state index is 0.0867. The number of aromatic nitrogens is 2. The first kappa shape index (κ1) is 25.8. The van der Waals surface area contributed by atoms with E-state index in [4.69, 9.17) is 28.9 Å². The zero-order valence-corrected chi connectivity index (χ0v) is 23.4. The number of carbonyl (C=O) groups excluding carboxylic acids is 3. The molecule has 4 heterocycles. The van der Waals surface area contributed by atoms with Crippen molar-refractivity contribution in [1.82, 2.24) is 19.4 Å². The Morgan fingerprint density at radius 1 is 0.923 bits per heavy atom. The Labute approximate surface area is 235 Å². The van der Waals surface area contributed by atoms with Gasteiger partial charge in [-0.1, -0.05) is 56.1 Å². The molecular formula is C29H29Cl2N5O3. The van der Waals surface area contributed by atoms with Crippen LogP contribution in [0.2, 0.25) is 10.0 Å². The number of piperazine rings is 1. The van der Waals surface area contributed by atoms with Crippen molar-refractivity contribution >= 4 is 62.7 Å². The maximum absolute atomic E-state index is 14.3. The molecule has 3 atom stereocenters. The van der Waals surface area contributed by atoms with Gasteiger partial charge in [0.1, 0.15) is 17.4 Å². The second kappa shape index (κ2) is 9.03. The first-order chi connectivity index (χ1) is 18.4. The molecule has 3 amide bonds. The van der Waals surface area contributed by atoms with E-state index in [1.807, 2.05) is 48.8 Å². The average Bonchev–Trinajstić information content (AvgIpc) is 3.64. The molecule has 0 unspecified atom stereocenters. The predicted molar refractivity (Wildman–Crippen MR) is 152 cm³/mol. The number of carbonyl (C=O) groups is 3. The predicted octanol–water partition coefficient (Wildman–Crippen LogP) is 5.24. The highest BCUT2D eigenvalue weighted by molar-refractivity contribution is 6.31. The van der Waals surface area contributed by atoms with Gasteiger partial charge in [-0.25, -0.2) is 0 Å². The first-order valence-corrected chi connectivity index (χ1v) is 13.7. The van der Waals surface area contributed by atoms with Crippen molar-refractivity contribution in [3.05, 3.63) is 70.0 Å². The molecular weight excluding hydrogens is 537 g/mol. The van der Waals surface area contributed by atoms with Gasteiger partial charge in [-0.15, -0.1) is 0 Å². The van der Waals surface area contributed by atoms with E-state index < -0.39 is 17.4 Å². The molecule has 2 aromatic heterocycles. The summed E-state index contributed by atoms with van der Waals surface area (Å²) in [5.74, 6) is -0.789. The number of benzene rings is 2. The molecule has 0 aliphatic carbocycles. The van der Waals surface area contributed by atoms with Crippen LogP contribution in [0.4, 0.5) is 0 Å². The standard InChI is InChI=1S/C29H29Cl2N5O3/c1-29(2,3)25(36-23-11-18(31)7-5-16(23)9-24(36)26(32)37)28(39)35-14-19-12-20(35)13-34(19)27(38)22-8-15-4-6-17(30)10-21(15)33-22/h4-11,19-20,25,33H,12-14H2,1-3H3,(H2,32,37)/t19-,20-,25+/m0/s1. The van der Waals surface area contributed by atoms with E-state index in [0.717, 1.165) is 16.3 Å². The maximum Gasteiger partial charge on any atom is 0.270 e. The molecule has 202 valence electrons. The van der Waals surface area contributed by atoms with E-state index in [1.165, 1.54) is 0 Å². The Morgan fingerprint density at radius 3 is 2.21 bits per heavy atom. The third-order valence-corrected chi connectivity index (χ3v) is 8.44. The molecule has 0 radical (unpaired) electrons. The number of aromatic amines is 1. The molecule has 6 rings (SSSR count). The number of fused-ring (bicyclic) bond motifs is 4. The largest absolute Gasteiger partial charge is 0.364 e. The van der Waals surface area contributed by atoms with Gasteiger partial charge in [0.25, 0.3) is 11.8 Å². The second-order valence-corrected chi connectivity index (χ2v) is 12.5. The lowest BCUT2D eigenvalue weighted by molar-refractivity contribution is -0.140. The van der Waals surface area contributed by atoms with Gasteiger partial charge in [0.2, 0.25) is 5.91 Å².